The molecule has 0 unspecified atom stereocenters. The highest BCUT2D eigenvalue weighted by Crippen LogP contribution is 2.40. The fraction of sp³-hybridized carbons (Fsp3) is 0.440. The monoisotopic (exact) mass is 484 g/mol. The quantitative estimate of drug-likeness (QED) is 0.614. The van der Waals surface area contributed by atoms with E-state index in [0.29, 0.717) is 66.1 Å². The van der Waals surface area contributed by atoms with E-state index < -0.39 is 6.43 Å². The molecule has 0 bridgehead atoms. The molecule has 0 atom stereocenters. The highest BCUT2D eigenvalue weighted by atomic mass is 19.3. The molecule has 0 radical (unpaired) electrons. The van der Waals surface area contributed by atoms with E-state index in [1.807, 2.05) is 0 Å². The van der Waals surface area contributed by atoms with Gasteiger partial charge in [-0.25, -0.2) is 13.8 Å². The van der Waals surface area contributed by atoms with Crippen molar-refractivity contribution < 1.29 is 27.8 Å². The van der Waals surface area contributed by atoms with Gasteiger partial charge in [-0.3, -0.25) is 14.6 Å². The summed E-state index contributed by atoms with van der Waals surface area (Å²) in [6.45, 7) is 2.05. The lowest BCUT2D eigenvalue weighted by Crippen LogP contribution is -2.40. The number of alkyl halides is 2. The smallest absolute Gasteiger partial charge is 0.277 e. The molecule has 8 nitrogen and oxygen atoms in total. The van der Waals surface area contributed by atoms with E-state index in [9.17, 15) is 18.4 Å². The highest BCUT2D eigenvalue weighted by Gasteiger charge is 2.31. The SMILES string of the molecule is COc1cc(C(=O)N2CCOCC2)ccc1Nc1cc(CC(=O)C2CC2)nc2c1N=C(C(F)F)C2. The summed E-state index contributed by atoms with van der Waals surface area (Å²) in [6.07, 6.45) is -0.813. The lowest BCUT2D eigenvalue weighted by atomic mass is 10.1. The van der Waals surface area contributed by atoms with E-state index in [0.717, 1.165) is 12.8 Å². The van der Waals surface area contributed by atoms with E-state index in [1.165, 1.54) is 7.11 Å². The van der Waals surface area contributed by atoms with Crippen LogP contribution in [0.1, 0.15) is 34.6 Å². The number of methoxy groups -OCH3 is 1. The van der Waals surface area contributed by atoms with Gasteiger partial charge in [-0.05, 0) is 37.1 Å². The second-order valence-electron chi connectivity index (χ2n) is 8.90. The molecular formula is C25H26F2N4O4. The van der Waals surface area contributed by atoms with Gasteiger partial charge in [0.25, 0.3) is 12.3 Å². The van der Waals surface area contributed by atoms with Crippen molar-refractivity contribution in [1.29, 1.82) is 0 Å². The summed E-state index contributed by atoms with van der Waals surface area (Å²) in [5, 5.41) is 3.21. The molecule has 1 saturated carbocycles. The minimum Gasteiger partial charge on any atom is -0.495 e. The van der Waals surface area contributed by atoms with Crippen LogP contribution in [0.2, 0.25) is 0 Å². The van der Waals surface area contributed by atoms with Crippen LogP contribution >= 0.6 is 0 Å². The number of anilines is 2. The first-order chi connectivity index (χ1) is 16.9. The number of nitrogens with zero attached hydrogens (tertiary/aromatic N) is 3. The van der Waals surface area contributed by atoms with E-state index >= 15 is 0 Å². The second-order valence-corrected chi connectivity index (χ2v) is 8.90. The molecule has 1 aliphatic carbocycles. The second kappa shape index (κ2) is 9.69. The number of carbonyl (C=O) groups is 2. The molecule has 1 aromatic carbocycles. The standard InChI is InChI=1S/C25H26F2N4O4/c1-34-22-10-15(25(33)31-6-8-35-9-7-31)4-5-17(22)29-18-11-16(12-21(32)14-2-3-14)28-19-13-20(24(26)27)30-23(18)19/h4-5,10-11,14,24H,2-3,6-9,12-13H2,1H3,(H,28,29). The summed E-state index contributed by atoms with van der Waals surface area (Å²) in [5.74, 6) is 0.488. The zero-order valence-electron chi connectivity index (χ0n) is 19.4. The average molecular weight is 485 g/mol. The van der Waals surface area contributed by atoms with E-state index in [1.54, 1.807) is 29.2 Å². The first kappa shape index (κ1) is 23.3. The first-order valence-electron chi connectivity index (χ1n) is 11.7. The number of carbonyl (C=O) groups excluding carboxylic acids is 2. The number of ether oxygens (including phenoxy) is 2. The summed E-state index contributed by atoms with van der Waals surface area (Å²) in [5.41, 5.74) is 2.50. The molecule has 1 saturated heterocycles. The predicted octanol–water partition coefficient (Wildman–Crippen LogP) is 3.72. The Hall–Kier alpha value is -3.40. The number of fused-ring (bicyclic) bond motifs is 1. The number of ketones is 1. The molecule has 2 aliphatic heterocycles. The van der Waals surface area contributed by atoms with Crippen LogP contribution in [0, 0.1) is 5.92 Å². The van der Waals surface area contributed by atoms with Crippen LogP contribution in [-0.4, -0.2) is 67.1 Å². The van der Waals surface area contributed by atoms with Crippen LogP contribution in [0.4, 0.5) is 25.8 Å². The van der Waals surface area contributed by atoms with Crippen molar-refractivity contribution in [3.8, 4) is 5.75 Å². The van der Waals surface area contributed by atoms with Gasteiger partial charge in [-0.2, -0.15) is 0 Å². The minimum absolute atomic E-state index is 0.0583. The lowest BCUT2D eigenvalue weighted by Gasteiger charge is -2.27. The van der Waals surface area contributed by atoms with Crippen molar-refractivity contribution in [3.63, 3.8) is 0 Å². The molecule has 2 aromatic rings. The molecule has 5 rings (SSSR count). The maximum Gasteiger partial charge on any atom is 0.277 e. The molecule has 35 heavy (non-hydrogen) atoms. The summed E-state index contributed by atoms with van der Waals surface area (Å²) in [6, 6.07) is 6.73. The number of benzene rings is 1. The maximum atomic E-state index is 13.4. The molecular weight excluding hydrogens is 458 g/mol. The van der Waals surface area contributed by atoms with Gasteiger partial charge in [0.2, 0.25) is 0 Å². The number of Topliss-reactive ketones (excluding diaryl/α,β-unsaturated/α-hetero) is 1. The van der Waals surface area contributed by atoms with Crippen molar-refractivity contribution >= 4 is 34.5 Å². The van der Waals surface area contributed by atoms with Crippen molar-refractivity contribution in [2.24, 2.45) is 10.9 Å². The number of hydrogen-bond acceptors (Lipinski definition) is 7. The largest absolute Gasteiger partial charge is 0.495 e. The molecule has 1 N–H and O–H groups in total. The first-order valence-corrected chi connectivity index (χ1v) is 11.7. The van der Waals surface area contributed by atoms with Gasteiger partial charge in [0.1, 0.15) is 17.2 Å². The predicted molar refractivity (Wildman–Crippen MR) is 125 cm³/mol. The van der Waals surface area contributed by atoms with Crippen LogP contribution in [-0.2, 0) is 22.4 Å². The number of rotatable bonds is 8. The van der Waals surface area contributed by atoms with Gasteiger partial charge in [0.05, 0.1) is 48.8 Å². The Labute approximate surface area is 201 Å². The Morgan fingerprint density at radius 1 is 1.20 bits per heavy atom. The number of aliphatic imine (C=N–C) groups is 1. The molecule has 2 fully saturated rings. The van der Waals surface area contributed by atoms with Crippen molar-refractivity contribution in [2.45, 2.75) is 32.1 Å². The van der Waals surface area contributed by atoms with Gasteiger partial charge in [-0.1, -0.05) is 0 Å². The van der Waals surface area contributed by atoms with Crippen molar-refractivity contribution in [3.05, 3.63) is 41.2 Å². The van der Waals surface area contributed by atoms with E-state index in [2.05, 4.69) is 15.3 Å². The molecule has 3 heterocycles. The van der Waals surface area contributed by atoms with Crippen LogP contribution in [0.5, 0.6) is 5.75 Å². The van der Waals surface area contributed by atoms with Crippen molar-refractivity contribution in [2.75, 3.05) is 38.7 Å². The summed E-state index contributed by atoms with van der Waals surface area (Å²) < 4.78 is 37.6. The Morgan fingerprint density at radius 3 is 2.66 bits per heavy atom. The number of aromatic nitrogens is 1. The zero-order valence-corrected chi connectivity index (χ0v) is 19.4. The number of amides is 1. The van der Waals surface area contributed by atoms with Gasteiger partial charge < -0.3 is 19.7 Å². The molecule has 3 aliphatic rings. The Kier molecular flexibility index (Phi) is 6.46. The lowest BCUT2D eigenvalue weighted by molar-refractivity contribution is -0.119. The van der Waals surface area contributed by atoms with Gasteiger partial charge in [0.15, 0.2) is 0 Å². The van der Waals surface area contributed by atoms with Gasteiger partial charge in [-0.15, -0.1) is 0 Å². The Bertz CT molecular complexity index is 1190. The minimum atomic E-state index is -2.69. The average Bonchev–Trinajstić information content (AvgIpc) is 3.63. The summed E-state index contributed by atoms with van der Waals surface area (Å²) in [7, 11) is 1.49. The van der Waals surface area contributed by atoms with Crippen molar-refractivity contribution in [1.82, 2.24) is 9.88 Å². The fourth-order valence-corrected chi connectivity index (χ4v) is 4.31. The normalized spacial score (nSPS) is 17.3. The van der Waals surface area contributed by atoms with Gasteiger partial charge >= 0.3 is 0 Å². The van der Waals surface area contributed by atoms with Gasteiger partial charge in [0, 0.05) is 37.4 Å². The molecule has 10 heteroatoms. The highest BCUT2D eigenvalue weighted by molar-refractivity contribution is 5.99. The molecule has 184 valence electrons. The fourth-order valence-electron chi connectivity index (χ4n) is 4.31. The van der Waals surface area contributed by atoms with E-state index in [-0.39, 0.29) is 36.2 Å². The topological polar surface area (TPSA) is 93.1 Å². The Balaban J connectivity index is 1.44. The molecule has 0 spiro atoms. The molecule has 1 aromatic heterocycles. The number of halogens is 2. The Morgan fingerprint density at radius 2 is 1.97 bits per heavy atom. The number of pyridine rings is 1. The number of nitrogens with one attached hydrogen (secondary N) is 1. The zero-order chi connectivity index (χ0) is 24.5. The third-order valence-electron chi connectivity index (χ3n) is 6.38. The summed E-state index contributed by atoms with van der Waals surface area (Å²) in [4.78, 5) is 35.6. The maximum absolute atomic E-state index is 13.4. The third kappa shape index (κ3) is 5.02. The summed E-state index contributed by atoms with van der Waals surface area (Å²) >= 11 is 0. The third-order valence-corrected chi connectivity index (χ3v) is 6.38. The van der Waals surface area contributed by atoms with E-state index in [4.69, 9.17) is 9.47 Å². The molecule has 1 amide bonds. The number of hydrogen-bond donors (Lipinski definition) is 1. The number of morpholine rings is 1. The van der Waals surface area contributed by atoms with Crippen LogP contribution in [0.3, 0.4) is 0 Å². The van der Waals surface area contributed by atoms with Crippen LogP contribution in [0.25, 0.3) is 0 Å². The van der Waals surface area contributed by atoms with Crippen LogP contribution in [0.15, 0.2) is 29.3 Å². The van der Waals surface area contributed by atoms with Crippen LogP contribution < -0.4 is 10.1 Å².